The number of para-hydroxylation sites is 1. The third-order valence-corrected chi connectivity index (χ3v) is 4.44. The Labute approximate surface area is 179 Å². The van der Waals surface area contributed by atoms with Crippen LogP contribution < -0.4 is 16.0 Å². The first kappa shape index (κ1) is 19.9. The maximum atomic E-state index is 12.7. The summed E-state index contributed by atoms with van der Waals surface area (Å²) in [4.78, 5) is 29.2. The molecule has 0 unspecified atom stereocenters. The number of aromatic nitrogens is 1. The fourth-order valence-corrected chi connectivity index (χ4v) is 2.99. The van der Waals surface area contributed by atoms with E-state index in [0.717, 1.165) is 5.56 Å². The maximum absolute atomic E-state index is 12.7. The molecule has 0 aliphatic rings. The van der Waals surface area contributed by atoms with E-state index < -0.39 is 5.91 Å². The highest BCUT2D eigenvalue weighted by molar-refractivity contribution is 6.04. The summed E-state index contributed by atoms with van der Waals surface area (Å²) in [5.74, 6) is 0.415. The van der Waals surface area contributed by atoms with Crippen molar-refractivity contribution < 1.29 is 14.0 Å². The number of oxazole rings is 1. The fourth-order valence-electron chi connectivity index (χ4n) is 2.99. The minimum Gasteiger partial charge on any atom is -0.441 e. The number of amides is 3. The Balaban J connectivity index is 1.43. The van der Waals surface area contributed by atoms with Gasteiger partial charge in [-0.3, -0.25) is 4.79 Å². The first-order chi connectivity index (χ1) is 15.1. The highest BCUT2D eigenvalue weighted by Crippen LogP contribution is 2.23. The predicted octanol–water partition coefficient (Wildman–Crippen LogP) is 5.55. The van der Waals surface area contributed by atoms with E-state index in [2.05, 4.69) is 20.9 Å². The molecule has 154 valence electrons. The molecule has 0 aliphatic carbocycles. The molecule has 0 saturated carbocycles. The van der Waals surface area contributed by atoms with Crippen molar-refractivity contribution in [2.75, 3.05) is 16.0 Å². The quantitative estimate of drug-likeness (QED) is 0.401. The number of benzene rings is 3. The molecule has 0 bridgehead atoms. The lowest BCUT2D eigenvalue weighted by atomic mass is 10.2. The van der Waals surface area contributed by atoms with Crippen LogP contribution in [0.5, 0.6) is 0 Å². The van der Waals surface area contributed by atoms with Crippen LogP contribution in [-0.4, -0.2) is 16.9 Å². The zero-order chi connectivity index (χ0) is 21.6. The summed E-state index contributed by atoms with van der Waals surface area (Å²) in [7, 11) is 0. The van der Waals surface area contributed by atoms with Crippen LogP contribution in [0.1, 0.15) is 16.2 Å². The summed E-state index contributed by atoms with van der Waals surface area (Å²) in [6, 6.07) is 25.0. The maximum Gasteiger partial charge on any atom is 0.323 e. The molecule has 4 rings (SSSR count). The van der Waals surface area contributed by atoms with Crippen LogP contribution in [-0.2, 0) is 0 Å². The molecule has 3 aromatic carbocycles. The Morgan fingerprint density at radius 3 is 2.03 bits per heavy atom. The predicted molar refractivity (Wildman–Crippen MR) is 120 cm³/mol. The van der Waals surface area contributed by atoms with Crippen molar-refractivity contribution in [1.29, 1.82) is 0 Å². The number of hydrogen-bond acceptors (Lipinski definition) is 4. The van der Waals surface area contributed by atoms with Crippen molar-refractivity contribution >= 4 is 29.0 Å². The lowest BCUT2D eigenvalue weighted by molar-refractivity contribution is 0.102. The number of hydrogen-bond donors (Lipinski definition) is 3. The van der Waals surface area contributed by atoms with E-state index in [0.29, 0.717) is 28.7 Å². The Kier molecular flexibility index (Phi) is 5.75. The molecule has 1 heterocycles. The molecule has 0 spiro atoms. The largest absolute Gasteiger partial charge is 0.441 e. The van der Waals surface area contributed by atoms with E-state index in [9.17, 15) is 9.59 Å². The molecule has 4 aromatic rings. The number of rotatable bonds is 5. The van der Waals surface area contributed by atoms with Crippen LogP contribution >= 0.6 is 0 Å². The number of nitrogens with zero attached hydrogens (tertiary/aromatic N) is 1. The lowest BCUT2D eigenvalue weighted by Gasteiger charge is -2.09. The van der Waals surface area contributed by atoms with Crippen LogP contribution in [0.3, 0.4) is 0 Å². The van der Waals surface area contributed by atoms with Gasteiger partial charge in [-0.2, -0.15) is 0 Å². The summed E-state index contributed by atoms with van der Waals surface area (Å²) in [5.41, 5.74) is 2.73. The second-order valence-corrected chi connectivity index (χ2v) is 6.77. The van der Waals surface area contributed by atoms with E-state index in [1.807, 2.05) is 48.5 Å². The summed E-state index contributed by atoms with van der Waals surface area (Å²) in [5, 5.41) is 8.28. The number of aryl methyl sites for hydroxylation is 1. The number of urea groups is 1. The summed E-state index contributed by atoms with van der Waals surface area (Å²) in [6.07, 6.45) is 0. The molecule has 0 aliphatic heterocycles. The molecular weight excluding hydrogens is 392 g/mol. The van der Waals surface area contributed by atoms with E-state index in [4.69, 9.17) is 4.42 Å². The molecule has 0 atom stereocenters. The Morgan fingerprint density at radius 1 is 0.742 bits per heavy atom. The molecule has 3 amide bonds. The van der Waals surface area contributed by atoms with Gasteiger partial charge in [-0.1, -0.05) is 42.5 Å². The second kappa shape index (κ2) is 8.96. The van der Waals surface area contributed by atoms with Gasteiger partial charge in [-0.25, -0.2) is 9.78 Å². The molecule has 0 saturated heterocycles. The van der Waals surface area contributed by atoms with Crippen molar-refractivity contribution in [2.45, 2.75) is 6.92 Å². The molecule has 7 nitrogen and oxygen atoms in total. The van der Waals surface area contributed by atoms with E-state index in [1.165, 1.54) is 0 Å². The lowest BCUT2D eigenvalue weighted by Crippen LogP contribution is -2.19. The van der Waals surface area contributed by atoms with Gasteiger partial charge in [0.25, 0.3) is 5.91 Å². The number of carbonyl (C=O) groups excluding carboxylic acids is 2. The van der Waals surface area contributed by atoms with Crippen molar-refractivity contribution in [1.82, 2.24) is 4.98 Å². The first-order valence-electron chi connectivity index (χ1n) is 9.66. The Hall–Kier alpha value is -4.39. The molecular formula is C24H20N4O3. The minimum absolute atomic E-state index is 0.207. The van der Waals surface area contributed by atoms with Gasteiger partial charge in [-0.05, 0) is 49.4 Å². The number of anilines is 3. The Morgan fingerprint density at radius 2 is 1.32 bits per heavy atom. The fraction of sp³-hybridized carbons (Fsp3) is 0.0417. The van der Waals surface area contributed by atoms with Gasteiger partial charge in [0.2, 0.25) is 5.89 Å². The van der Waals surface area contributed by atoms with E-state index >= 15 is 0 Å². The van der Waals surface area contributed by atoms with Gasteiger partial charge in [0.1, 0.15) is 5.76 Å². The molecule has 0 radical (unpaired) electrons. The number of nitrogens with one attached hydrogen (secondary N) is 3. The highest BCUT2D eigenvalue weighted by atomic mass is 16.4. The zero-order valence-corrected chi connectivity index (χ0v) is 16.8. The van der Waals surface area contributed by atoms with Gasteiger partial charge in [-0.15, -0.1) is 0 Å². The van der Waals surface area contributed by atoms with Crippen LogP contribution in [0.2, 0.25) is 0 Å². The van der Waals surface area contributed by atoms with Crippen molar-refractivity contribution in [2.24, 2.45) is 0 Å². The van der Waals surface area contributed by atoms with Gasteiger partial charge < -0.3 is 20.4 Å². The van der Waals surface area contributed by atoms with Gasteiger partial charge >= 0.3 is 6.03 Å². The third kappa shape index (κ3) is 4.97. The third-order valence-electron chi connectivity index (χ3n) is 4.44. The monoisotopic (exact) mass is 412 g/mol. The van der Waals surface area contributed by atoms with E-state index in [-0.39, 0.29) is 11.7 Å². The topological polar surface area (TPSA) is 96.3 Å². The van der Waals surface area contributed by atoms with Gasteiger partial charge in [0.15, 0.2) is 5.69 Å². The van der Waals surface area contributed by atoms with Gasteiger partial charge in [0, 0.05) is 22.6 Å². The first-order valence-corrected chi connectivity index (χ1v) is 9.66. The summed E-state index contributed by atoms with van der Waals surface area (Å²) < 4.78 is 5.66. The number of carbonyl (C=O) groups is 2. The van der Waals surface area contributed by atoms with Crippen molar-refractivity contribution in [3.05, 3.63) is 96.4 Å². The standard InChI is InChI=1S/C24H20N4O3/c1-16-21(28-23(31-16)17-9-4-2-5-10-17)22(29)25-19-13-8-14-20(15-19)27-24(30)26-18-11-6-3-7-12-18/h2-15H,1H3,(H,25,29)(H2,26,27,30). The van der Waals surface area contributed by atoms with Crippen LogP contribution in [0, 0.1) is 6.92 Å². The normalized spacial score (nSPS) is 10.4. The van der Waals surface area contributed by atoms with Crippen molar-refractivity contribution in [3.63, 3.8) is 0 Å². The minimum atomic E-state index is -0.394. The highest BCUT2D eigenvalue weighted by Gasteiger charge is 2.18. The van der Waals surface area contributed by atoms with Gasteiger partial charge in [0.05, 0.1) is 0 Å². The SMILES string of the molecule is Cc1oc(-c2ccccc2)nc1C(=O)Nc1cccc(NC(=O)Nc2ccccc2)c1. The molecule has 0 fully saturated rings. The second-order valence-electron chi connectivity index (χ2n) is 6.77. The summed E-state index contributed by atoms with van der Waals surface area (Å²) in [6.45, 7) is 1.69. The molecule has 3 N–H and O–H groups in total. The average Bonchev–Trinajstić information content (AvgIpc) is 3.17. The smallest absolute Gasteiger partial charge is 0.323 e. The van der Waals surface area contributed by atoms with Crippen LogP contribution in [0.25, 0.3) is 11.5 Å². The Bertz CT molecular complexity index is 1200. The van der Waals surface area contributed by atoms with Crippen LogP contribution in [0.4, 0.5) is 21.9 Å². The molecule has 7 heteroatoms. The zero-order valence-electron chi connectivity index (χ0n) is 16.8. The van der Waals surface area contributed by atoms with Crippen molar-refractivity contribution in [3.8, 4) is 11.5 Å². The molecule has 1 aromatic heterocycles. The van der Waals surface area contributed by atoms with Crippen LogP contribution in [0.15, 0.2) is 89.3 Å². The average molecular weight is 412 g/mol. The van der Waals surface area contributed by atoms with E-state index in [1.54, 1.807) is 43.3 Å². The molecule has 31 heavy (non-hydrogen) atoms. The summed E-state index contributed by atoms with van der Waals surface area (Å²) >= 11 is 0.